The van der Waals surface area contributed by atoms with Gasteiger partial charge in [0.25, 0.3) is 0 Å². The second-order valence-electron chi connectivity index (χ2n) is 6.13. The molecule has 3 heterocycles. The summed E-state index contributed by atoms with van der Waals surface area (Å²) >= 11 is 0. The lowest BCUT2D eigenvalue weighted by Gasteiger charge is -2.20. The number of likely N-dealkylation sites (tertiary alicyclic amines) is 1. The van der Waals surface area contributed by atoms with Crippen molar-refractivity contribution < 1.29 is 9.47 Å². The van der Waals surface area contributed by atoms with E-state index in [-0.39, 0.29) is 0 Å². The lowest BCUT2D eigenvalue weighted by atomic mass is 9.96. The number of aromatic nitrogens is 1. The van der Waals surface area contributed by atoms with Crippen LogP contribution in [-0.2, 0) is 22.4 Å². The number of ether oxygens (including phenoxy) is 2. The SMILES string of the molecule is CCc1ccc(C2CCOC2)c(CN2CC[C@@H](OC)C2)n1. The third kappa shape index (κ3) is 3.44. The molecule has 1 aromatic rings. The Morgan fingerprint density at radius 3 is 2.95 bits per heavy atom. The van der Waals surface area contributed by atoms with Gasteiger partial charge in [-0.2, -0.15) is 0 Å². The van der Waals surface area contributed by atoms with Crippen molar-refractivity contribution >= 4 is 0 Å². The summed E-state index contributed by atoms with van der Waals surface area (Å²) < 4.78 is 11.0. The zero-order valence-electron chi connectivity index (χ0n) is 13.2. The standard InChI is InChI=1S/C17H26N2O2/c1-3-14-4-5-16(13-7-9-21-12-13)17(18-14)11-19-8-6-15(10-19)20-2/h4-5,13,15H,3,6-12H2,1-2H3/t13?,15-/m1/s1. The molecule has 0 saturated carbocycles. The van der Waals surface area contributed by atoms with E-state index < -0.39 is 0 Å². The molecule has 0 aliphatic carbocycles. The van der Waals surface area contributed by atoms with Gasteiger partial charge in [0, 0.05) is 45.0 Å². The van der Waals surface area contributed by atoms with Gasteiger partial charge in [-0.05, 0) is 30.9 Å². The van der Waals surface area contributed by atoms with Crippen LogP contribution < -0.4 is 0 Å². The van der Waals surface area contributed by atoms with Crippen molar-refractivity contribution in [2.45, 2.75) is 44.8 Å². The predicted molar refractivity (Wildman–Crippen MR) is 82.5 cm³/mol. The van der Waals surface area contributed by atoms with E-state index in [4.69, 9.17) is 14.5 Å². The summed E-state index contributed by atoms with van der Waals surface area (Å²) in [4.78, 5) is 7.38. The van der Waals surface area contributed by atoms with Gasteiger partial charge in [0.2, 0.25) is 0 Å². The maximum absolute atomic E-state index is 5.57. The maximum Gasteiger partial charge on any atom is 0.0710 e. The molecule has 2 saturated heterocycles. The van der Waals surface area contributed by atoms with Crippen LogP contribution in [0.5, 0.6) is 0 Å². The van der Waals surface area contributed by atoms with E-state index in [1.165, 1.54) is 17.0 Å². The molecule has 0 amide bonds. The van der Waals surface area contributed by atoms with Crippen molar-refractivity contribution in [1.82, 2.24) is 9.88 Å². The normalized spacial score (nSPS) is 26.6. The van der Waals surface area contributed by atoms with E-state index in [2.05, 4.69) is 24.0 Å². The molecule has 0 spiro atoms. The smallest absolute Gasteiger partial charge is 0.0710 e. The lowest BCUT2D eigenvalue weighted by Crippen LogP contribution is -2.24. The number of hydrogen-bond acceptors (Lipinski definition) is 4. The highest BCUT2D eigenvalue weighted by atomic mass is 16.5. The topological polar surface area (TPSA) is 34.6 Å². The van der Waals surface area contributed by atoms with Crippen LogP contribution in [0.3, 0.4) is 0 Å². The van der Waals surface area contributed by atoms with Crippen LogP contribution in [0.1, 0.15) is 42.6 Å². The quantitative estimate of drug-likeness (QED) is 0.834. The summed E-state index contributed by atoms with van der Waals surface area (Å²) in [5.74, 6) is 0.527. The Bertz CT molecular complexity index is 472. The summed E-state index contributed by atoms with van der Waals surface area (Å²) in [6, 6.07) is 4.46. The van der Waals surface area contributed by atoms with Gasteiger partial charge in [0.05, 0.1) is 18.4 Å². The van der Waals surface area contributed by atoms with Gasteiger partial charge in [0.1, 0.15) is 0 Å². The Morgan fingerprint density at radius 2 is 2.29 bits per heavy atom. The fourth-order valence-corrected chi connectivity index (χ4v) is 3.38. The molecule has 4 heteroatoms. The molecule has 0 aromatic carbocycles. The van der Waals surface area contributed by atoms with Gasteiger partial charge in [-0.25, -0.2) is 0 Å². The van der Waals surface area contributed by atoms with E-state index in [0.717, 1.165) is 52.1 Å². The molecule has 2 aliphatic heterocycles. The monoisotopic (exact) mass is 290 g/mol. The third-order valence-corrected chi connectivity index (χ3v) is 4.73. The Hall–Kier alpha value is -0.970. The highest BCUT2D eigenvalue weighted by molar-refractivity contribution is 5.28. The van der Waals surface area contributed by atoms with Gasteiger partial charge >= 0.3 is 0 Å². The van der Waals surface area contributed by atoms with E-state index in [0.29, 0.717) is 12.0 Å². The molecule has 0 N–H and O–H groups in total. The predicted octanol–water partition coefficient (Wildman–Crippen LogP) is 2.37. The van der Waals surface area contributed by atoms with Crippen LogP contribution in [0.25, 0.3) is 0 Å². The third-order valence-electron chi connectivity index (χ3n) is 4.73. The minimum atomic E-state index is 0.387. The summed E-state index contributed by atoms with van der Waals surface area (Å²) in [5.41, 5.74) is 3.84. The number of pyridine rings is 1. The first kappa shape index (κ1) is 14.9. The van der Waals surface area contributed by atoms with Gasteiger partial charge in [0.15, 0.2) is 0 Å². The minimum absolute atomic E-state index is 0.387. The van der Waals surface area contributed by atoms with Crippen LogP contribution in [0.4, 0.5) is 0 Å². The van der Waals surface area contributed by atoms with E-state index in [1.54, 1.807) is 0 Å². The molecular formula is C17H26N2O2. The summed E-state index contributed by atoms with van der Waals surface area (Å²) in [6.45, 7) is 6.98. The zero-order chi connectivity index (χ0) is 14.7. The number of methoxy groups -OCH3 is 1. The molecule has 3 rings (SSSR count). The molecule has 1 aromatic heterocycles. The number of hydrogen-bond donors (Lipinski definition) is 0. The first-order valence-electron chi connectivity index (χ1n) is 8.11. The summed E-state index contributed by atoms with van der Waals surface area (Å²) in [7, 11) is 1.81. The lowest BCUT2D eigenvalue weighted by molar-refractivity contribution is 0.107. The largest absolute Gasteiger partial charge is 0.381 e. The van der Waals surface area contributed by atoms with Crippen molar-refractivity contribution in [3.05, 3.63) is 29.1 Å². The van der Waals surface area contributed by atoms with Gasteiger partial charge < -0.3 is 9.47 Å². The fraction of sp³-hybridized carbons (Fsp3) is 0.706. The van der Waals surface area contributed by atoms with E-state index in [1.807, 2.05) is 7.11 Å². The minimum Gasteiger partial charge on any atom is -0.381 e. The van der Waals surface area contributed by atoms with Crippen molar-refractivity contribution in [1.29, 1.82) is 0 Å². The maximum atomic E-state index is 5.57. The Morgan fingerprint density at radius 1 is 1.38 bits per heavy atom. The molecule has 2 fully saturated rings. The van der Waals surface area contributed by atoms with Crippen molar-refractivity contribution in [3.63, 3.8) is 0 Å². The van der Waals surface area contributed by atoms with Crippen LogP contribution in [0.2, 0.25) is 0 Å². The van der Waals surface area contributed by atoms with Gasteiger partial charge in [-0.1, -0.05) is 13.0 Å². The van der Waals surface area contributed by atoms with Gasteiger partial charge in [-0.15, -0.1) is 0 Å². The second-order valence-corrected chi connectivity index (χ2v) is 6.13. The highest BCUT2D eigenvalue weighted by Gasteiger charge is 2.26. The van der Waals surface area contributed by atoms with Gasteiger partial charge in [-0.3, -0.25) is 9.88 Å². The summed E-state index contributed by atoms with van der Waals surface area (Å²) in [5, 5.41) is 0. The van der Waals surface area contributed by atoms with Crippen LogP contribution in [0.15, 0.2) is 12.1 Å². The van der Waals surface area contributed by atoms with Crippen molar-refractivity contribution in [2.24, 2.45) is 0 Å². The van der Waals surface area contributed by atoms with Crippen LogP contribution in [0, 0.1) is 0 Å². The number of aryl methyl sites for hydroxylation is 1. The average Bonchev–Trinajstić information content (AvgIpc) is 3.18. The second kappa shape index (κ2) is 6.86. The molecule has 21 heavy (non-hydrogen) atoms. The van der Waals surface area contributed by atoms with Crippen LogP contribution >= 0.6 is 0 Å². The molecule has 1 unspecified atom stereocenters. The molecule has 0 bridgehead atoms. The van der Waals surface area contributed by atoms with Crippen molar-refractivity contribution in [3.8, 4) is 0 Å². The Kier molecular flexibility index (Phi) is 4.88. The first-order valence-corrected chi connectivity index (χ1v) is 8.11. The molecule has 2 aliphatic rings. The number of rotatable bonds is 5. The van der Waals surface area contributed by atoms with E-state index in [9.17, 15) is 0 Å². The Balaban J connectivity index is 1.77. The summed E-state index contributed by atoms with van der Waals surface area (Å²) in [6.07, 6.45) is 3.64. The molecule has 4 nitrogen and oxygen atoms in total. The molecular weight excluding hydrogens is 264 g/mol. The first-order chi connectivity index (χ1) is 10.3. The van der Waals surface area contributed by atoms with E-state index >= 15 is 0 Å². The molecule has 2 atom stereocenters. The van der Waals surface area contributed by atoms with Crippen molar-refractivity contribution in [2.75, 3.05) is 33.4 Å². The van der Waals surface area contributed by atoms with Crippen LogP contribution in [-0.4, -0.2) is 49.4 Å². The fourth-order valence-electron chi connectivity index (χ4n) is 3.38. The molecule has 116 valence electrons. The highest BCUT2D eigenvalue weighted by Crippen LogP contribution is 2.29. The molecule has 0 radical (unpaired) electrons. The Labute approximate surface area is 127 Å². The average molecular weight is 290 g/mol. The number of nitrogens with zero attached hydrogens (tertiary/aromatic N) is 2. The zero-order valence-corrected chi connectivity index (χ0v) is 13.2.